The summed E-state index contributed by atoms with van der Waals surface area (Å²) in [6.07, 6.45) is 0.999. The molecule has 0 aliphatic rings. The van der Waals surface area contributed by atoms with Gasteiger partial charge in [0.15, 0.2) is 0 Å². The van der Waals surface area contributed by atoms with E-state index in [1.54, 1.807) is 0 Å². The highest BCUT2D eigenvalue weighted by Gasteiger charge is 2.10. The fourth-order valence-corrected chi connectivity index (χ4v) is 1.39. The molecule has 1 unspecified atom stereocenters. The summed E-state index contributed by atoms with van der Waals surface area (Å²) in [5, 5.41) is 0. The molecule has 1 atom stereocenters. The van der Waals surface area contributed by atoms with Crippen molar-refractivity contribution in [2.24, 2.45) is 5.73 Å². The van der Waals surface area contributed by atoms with Crippen LogP contribution in [0.2, 0.25) is 0 Å². The van der Waals surface area contributed by atoms with E-state index in [1.807, 2.05) is 19.9 Å². The molecule has 0 saturated carbocycles. The van der Waals surface area contributed by atoms with Gasteiger partial charge in [-0.3, -0.25) is 0 Å². The molecule has 0 bridgehead atoms. The molecule has 0 amide bonds. The van der Waals surface area contributed by atoms with Crippen molar-refractivity contribution in [2.75, 3.05) is 6.54 Å². The molecule has 1 heterocycles. The number of hydrogen-bond donors (Lipinski definition) is 1. The Bertz CT molecular complexity index is 259. The third-order valence-electron chi connectivity index (χ3n) is 2.14. The Morgan fingerprint density at radius 1 is 1.31 bits per heavy atom. The molecule has 3 nitrogen and oxygen atoms in total. The van der Waals surface area contributed by atoms with E-state index in [-0.39, 0.29) is 0 Å². The normalized spacial score (nSPS) is 12.9. The molecule has 0 aliphatic carbocycles. The molecule has 0 fully saturated rings. The molecule has 3 heteroatoms. The monoisotopic (exact) mass is 179 g/mol. The summed E-state index contributed by atoms with van der Waals surface area (Å²) in [6, 6.07) is 1.98. The van der Waals surface area contributed by atoms with E-state index < -0.39 is 0 Å². The molecular weight excluding hydrogens is 162 g/mol. The molecule has 13 heavy (non-hydrogen) atoms. The van der Waals surface area contributed by atoms with Gasteiger partial charge in [-0.05, 0) is 26.3 Å². The van der Waals surface area contributed by atoms with Crippen molar-refractivity contribution in [2.45, 2.75) is 33.1 Å². The lowest BCUT2D eigenvalue weighted by atomic mass is 10.1. The fraction of sp³-hybridized carbons (Fsp3) is 0.600. The molecule has 72 valence electrons. The predicted octanol–water partition coefficient (Wildman–Crippen LogP) is 1.55. The zero-order valence-electron chi connectivity index (χ0n) is 8.54. The summed E-state index contributed by atoms with van der Waals surface area (Å²) in [7, 11) is 0. The first kappa shape index (κ1) is 10.1. The Hall–Kier alpha value is -0.960. The van der Waals surface area contributed by atoms with E-state index >= 15 is 0 Å². The van der Waals surface area contributed by atoms with Gasteiger partial charge in [0.05, 0.1) is 0 Å². The molecule has 0 spiro atoms. The van der Waals surface area contributed by atoms with Gasteiger partial charge in [0.2, 0.25) is 0 Å². The van der Waals surface area contributed by atoms with Crippen LogP contribution in [0.5, 0.6) is 0 Å². The first-order chi connectivity index (χ1) is 6.17. The Morgan fingerprint density at radius 2 is 1.85 bits per heavy atom. The van der Waals surface area contributed by atoms with Crippen LogP contribution in [0.1, 0.15) is 36.5 Å². The number of aromatic nitrogens is 2. The second-order valence-corrected chi connectivity index (χ2v) is 3.35. The second-order valence-electron chi connectivity index (χ2n) is 3.35. The summed E-state index contributed by atoms with van der Waals surface area (Å²) < 4.78 is 0. The van der Waals surface area contributed by atoms with Crippen molar-refractivity contribution < 1.29 is 0 Å². The van der Waals surface area contributed by atoms with Crippen LogP contribution in [0.4, 0.5) is 0 Å². The fourth-order valence-electron chi connectivity index (χ4n) is 1.39. The number of hydrogen-bond acceptors (Lipinski definition) is 3. The average Bonchev–Trinajstić information content (AvgIpc) is 2.04. The Morgan fingerprint density at radius 3 is 2.23 bits per heavy atom. The molecule has 1 rings (SSSR count). The molecule has 0 saturated heterocycles. The molecule has 0 aliphatic heterocycles. The summed E-state index contributed by atoms with van der Waals surface area (Å²) >= 11 is 0. The maximum Gasteiger partial charge on any atom is 0.133 e. The van der Waals surface area contributed by atoms with Gasteiger partial charge in [-0.15, -0.1) is 0 Å². The Kier molecular flexibility index (Phi) is 3.37. The number of nitrogens with zero attached hydrogens (tertiary/aromatic N) is 2. The molecule has 1 aromatic heterocycles. The van der Waals surface area contributed by atoms with Gasteiger partial charge in [0.1, 0.15) is 5.82 Å². The zero-order valence-corrected chi connectivity index (χ0v) is 8.54. The van der Waals surface area contributed by atoms with E-state index in [0.717, 1.165) is 23.6 Å². The van der Waals surface area contributed by atoms with E-state index in [9.17, 15) is 0 Å². The minimum Gasteiger partial charge on any atom is -0.330 e. The van der Waals surface area contributed by atoms with Gasteiger partial charge in [-0.1, -0.05) is 6.92 Å². The number of rotatable bonds is 3. The third kappa shape index (κ3) is 2.49. The highest BCUT2D eigenvalue weighted by molar-refractivity contribution is 5.10. The lowest BCUT2D eigenvalue weighted by molar-refractivity contribution is 0.625. The van der Waals surface area contributed by atoms with Crippen molar-refractivity contribution in [3.8, 4) is 0 Å². The minimum atomic E-state index is 0.304. The SMILES string of the molecule is CCC(CN)c1nc(C)cc(C)n1. The molecular formula is C10H17N3. The van der Waals surface area contributed by atoms with Crippen LogP contribution in [0, 0.1) is 13.8 Å². The maximum absolute atomic E-state index is 5.64. The highest BCUT2D eigenvalue weighted by atomic mass is 14.9. The van der Waals surface area contributed by atoms with Gasteiger partial charge in [0, 0.05) is 23.9 Å². The Balaban J connectivity index is 2.99. The standard InChI is InChI=1S/C10H17N3/c1-4-9(6-11)10-12-7(2)5-8(3)13-10/h5,9H,4,6,11H2,1-3H3. The van der Waals surface area contributed by atoms with Crippen LogP contribution in [-0.2, 0) is 0 Å². The minimum absolute atomic E-state index is 0.304. The van der Waals surface area contributed by atoms with Gasteiger partial charge in [0.25, 0.3) is 0 Å². The van der Waals surface area contributed by atoms with E-state index in [4.69, 9.17) is 5.73 Å². The topological polar surface area (TPSA) is 51.8 Å². The van der Waals surface area contributed by atoms with Gasteiger partial charge >= 0.3 is 0 Å². The van der Waals surface area contributed by atoms with Crippen molar-refractivity contribution in [3.63, 3.8) is 0 Å². The first-order valence-electron chi connectivity index (χ1n) is 4.69. The van der Waals surface area contributed by atoms with E-state index in [2.05, 4.69) is 16.9 Å². The average molecular weight is 179 g/mol. The van der Waals surface area contributed by atoms with Gasteiger partial charge in [-0.25, -0.2) is 9.97 Å². The van der Waals surface area contributed by atoms with Crippen LogP contribution >= 0.6 is 0 Å². The van der Waals surface area contributed by atoms with Gasteiger partial charge < -0.3 is 5.73 Å². The third-order valence-corrected chi connectivity index (χ3v) is 2.14. The first-order valence-corrected chi connectivity index (χ1v) is 4.69. The molecule has 0 radical (unpaired) electrons. The quantitative estimate of drug-likeness (QED) is 0.765. The van der Waals surface area contributed by atoms with E-state index in [0.29, 0.717) is 12.5 Å². The maximum atomic E-state index is 5.64. The van der Waals surface area contributed by atoms with Crippen molar-refractivity contribution in [1.29, 1.82) is 0 Å². The van der Waals surface area contributed by atoms with Crippen molar-refractivity contribution in [3.05, 3.63) is 23.3 Å². The Labute approximate surface area is 79.4 Å². The number of nitrogens with two attached hydrogens (primary N) is 1. The van der Waals surface area contributed by atoms with Crippen molar-refractivity contribution in [1.82, 2.24) is 9.97 Å². The van der Waals surface area contributed by atoms with Crippen LogP contribution in [0.15, 0.2) is 6.07 Å². The van der Waals surface area contributed by atoms with Gasteiger partial charge in [-0.2, -0.15) is 0 Å². The smallest absolute Gasteiger partial charge is 0.133 e. The highest BCUT2D eigenvalue weighted by Crippen LogP contribution is 2.14. The zero-order chi connectivity index (χ0) is 9.84. The van der Waals surface area contributed by atoms with Crippen LogP contribution < -0.4 is 5.73 Å². The largest absolute Gasteiger partial charge is 0.330 e. The lowest BCUT2D eigenvalue weighted by Gasteiger charge is -2.11. The number of aryl methyl sites for hydroxylation is 2. The van der Waals surface area contributed by atoms with Crippen molar-refractivity contribution >= 4 is 0 Å². The summed E-state index contributed by atoms with van der Waals surface area (Å²) in [4.78, 5) is 8.77. The summed E-state index contributed by atoms with van der Waals surface area (Å²) in [6.45, 7) is 6.71. The van der Waals surface area contributed by atoms with Crippen LogP contribution in [0.25, 0.3) is 0 Å². The van der Waals surface area contributed by atoms with E-state index in [1.165, 1.54) is 0 Å². The molecule has 1 aromatic rings. The predicted molar refractivity (Wildman–Crippen MR) is 53.6 cm³/mol. The van der Waals surface area contributed by atoms with Crippen LogP contribution in [-0.4, -0.2) is 16.5 Å². The molecule has 0 aromatic carbocycles. The lowest BCUT2D eigenvalue weighted by Crippen LogP contribution is -2.15. The second kappa shape index (κ2) is 4.33. The summed E-state index contributed by atoms with van der Waals surface area (Å²) in [5.74, 6) is 1.20. The summed E-state index contributed by atoms with van der Waals surface area (Å²) in [5.41, 5.74) is 7.68. The van der Waals surface area contributed by atoms with Crippen LogP contribution in [0.3, 0.4) is 0 Å². The molecule has 2 N–H and O–H groups in total.